The highest BCUT2D eigenvalue weighted by Crippen LogP contribution is 2.41. The van der Waals surface area contributed by atoms with Crippen molar-refractivity contribution in [3.8, 4) is 0 Å². The molecule has 1 aromatic heterocycles. The monoisotopic (exact) mass is 238 g/mol. The van der Waals surface area contributed by atoms with E-state index in [1.165, 1.54) is 37.2 Å². The fraction of sp³-hybridized carbons (Fsp3) is 0.818. The molecular weight excluding hydrogens is 220 g/mol. The highest BCUT2D eigenvalue weighted by molar-refractivity contribution is 7.09. The summed E-state index contributed by atoms with van der Waals surface area (Å²) in [7, 11) is 2.10. The Morgan fingerprint density at radius 1 is 1.44 bits per heavy atom. The van der Waals surface area contributed by atoms with Gasteiger partial charge >= 0.3 is 0 Å². The van der Waals surface area contributed by atoms with E-state index in [9.17, 15) is 0 Å². The summed E-state index contributed by atoms with van der Waals surface area (Å²) in [6.45, 7) is 0.722. The number of rotatable bonds is 5. The van der Waals surface area contributed by atoms with E-state index in [1.54, 1.807) is 0 Å². The van der Waals surface area contributed by atoms with Crippen molar-refractivity contribution in [3.05, 3.63) is 5.82 Å². The first-order valence-corrected chi connectivity index (χ1v) is 6.83. The smallest absolute Gasteiger partial charge is 0.205 e. The van der Waals surface area contributed by atoms with Gasteiger partial charge in [-0.05, 0) is 31.6 Å². The number of aromatic nitrogens is 2. The zero-order valence-corrected chi connectivity index (χ0v) is 10.4. The molecule has 1 aromatic rings. The van der Waals surface area contributed by atoms with Gasteiger partial charge in [0.2, 0.25) is 5.13 Å². The fourth-order valence-electron chi connectivity index (χ4n) is 2.17. The van der Waals surface area contributed by atoms with Crippen LogP contribution in [0.4, 0.5) is 5.13 Å². The van der Waals surface area contributed by atoms with Gasteiger partial charge in [-0.3, -0.25) is 0 Å². The zero-order valence-electron chi connectivity index (χ0n) is 9.59. The van der Waals surface area contributed by atoms with E-state index in [2.05, 4.69) is 21.3 Å². The molecule has 3 rings (SSSR count). The third-order valence-corrected chi connectivity index (χ3v) is 4.40. The third kappa shape index (κ3) is 1.94. The largest absolute Gasteiger partial charge is 0.345 e. The second-order valence-electron chi connectivity index (χ2n) is 4.96. The van der Waals surface area contributed by atoms with Crippen LogP contribution in [0.1, 0.15) is 37.4 Å². The predicted molar refractivity (Wildman–Crippen MR) is 65.9 cm³/mol. The van der Waals surface area contributed by atoms with Gasteiger partial charge in [0.15, 0.2) is 0 Å². The van der Waals surface area contributed by atoms with Crippen LogP contribution in [0, 0.1) is 5.92 Å². The molecule has 4 nitrogen and oxygen atoms in total. The summed E-state index contributed by atoms with van der Waals surface area (Å²) >= 11 is 1.52. The highest BCUT2D eigenvalue weighted by atomic mass is 32.1. The Labute approximate surface area is 100 Å². The lowest BCUT2D eigenvalue weighted by Gasteiger charge is -2.25. The van der Waals surface area contributed by atoms with E-state index < -0.39 is 0 Å². The van der Waals surface area contributed by atoms with Crippen LogP contribution < -0.4 is 10.6 Å². The minimum atomic E-state index is 0.458. The van der Waals surface area contributed by atoms with Crippen molar-refractivity contribution >= 4 is 16.7 Å². The van der Waals surface area contributed by atoms with E-state index in [0.717, 1.165) is 23.4 Å². The summed E-state index contributed by atoms with van der Waals surface area (Å²) in [4.78, 5) is 6.87. The van der Waals surface area contributed by atoms with Gasteiger partial charge in [0.1, 0.15) is 5.82 Å². The van der Waals surface area contributed by atoms with Crippen LogP contribution in [-0.2, 0) is 0 Å². The molecule has 1 heterocycles. The van der Waals surface area contributed by atoms with Gasteiger partial charge in [-0.15, -0.1) is 0 Å². The van der Waals surface area contributed by atoms with E-state index in [4.69, 9.17) is 5.73 Å². The Balaban J connectivity index is 1.73. The quantitative estimate of drug-likeness (QED) is 0.846. The molecule has 16 heavy (non-hydrogen) atoms. The fourth-order valence-corrected chi connectivity index (χ4v) is 2.93. The Hall–Kier alpha value is -0.680. The van der Waals surface area contributed by atoms with Crippen molar-refractivity contribution in [2.75, 3.05) is 18.5 Å². The topological polar surface area (TPSA) is 55.0 Å². The second kappa shape index (κ2) is 3.96. The molecule has 0 aromatic carbocycles. The van der Waals surface area contributed by atoms with E-state index in [1.807, 2.05) is 0 Å². The normalized spacial score (nSPS) is 22.1. The Bertz CT molecular complexity index is 370. The number of anilines is 1. The first kappa shape index (κ1) is 10.5. The van der Waals surface area contributed by atoms with Crippen LogP contribution in [0.2, 0.25) is 0 Å². The SMILES string of the molecule is CN(c1nc(C2CC2)ns1)C(CN)C1CC1. The molecule has 2 aliphatic rings. The first-order chi connectivity index (χ1) is 7.79. The predicted octanol–water partition coefficient (Wildman–Crippen LogP) is 1.59. The molecule has 0 amide bonds. The van der Waals surface area contributed by atoms with Crippen LogP contribution in [0.25, 0.3) is 0 Å². The summed E-state index contributed by atoms with van der Waals surface area (Å²) in [6, 6.07) is 0.458. The molecule has 2 saturated carbocycles. The minimum Gasteiger partial charge on any atom is -0.345 e. The molecule has 0 aliphatic heterocycles. The molecule has 0 radical (unpaired) electrons. The molecule has 2 aliphatic carbocycles. The first-order valence-electron chi connectivity index (χ1n) is 6.06. The van der Waals surface area contributed by atoms with Crippen molar-refractivity contribution in [2.45, 2.75) is 37.6 Å². The molecule has 2 fully saturated rings. The molecule has 0 spiro atoms. The summed E-state index contributed by atoms with van der Waals surface area (Å²) in [6.07, 6.45) is 5.17. The maximum absolute atomic E-state index is 5.85. The van der Waals surface area contributed by atoms with Gasteiger partial charge in [-0.25, -0.2) is 4.98 Å². The lowest BCUT2D eigenvalue weighted by atomic mass is 10.2. The number of likely N-dealkylation sites (N-methyl/N-ethyl adjacent to an activating group) is 1. The van der Waals surface area contributed by atoms with Gasteiger partial charge in [-0.2, -0.15) is 4.37 Å². The van der Waals surface area contributed by atoms with Gasteiger partial charge < -0.3 is 10.6 Å². The van der Waals surface area contributed by atoms with Gasteiger partial charge in [0, 0.05) is 37.1 Å². The van der Waals surface area contributed by atoms with Crippen LogP contribution in [0.15, 0.2) is 0 Å². The lowest BCUT2D eigenvalue weighted by Crippen LogP contribution is -2.39. The van der Waals surface area contributed by atoms with Crippen LogP contribution >= 0.6 is 11.5 Å². The summed E-state index contributed by atoms with van der Waals surface area (Å²) in [5.41, 5.74) is 5.85. The van der Waals surface area contributed by atoms with Crippen LogP contribution in [0.3, 0.4) is 0 Å². The maximum atomic E-state index is 5.85. The Kier molecular flexibility index (Phi) is 2.59. The number of hydrogen-bond donors (Lipinski definition) is 1. The summed E-state index contributed by atoms with van der Waals surface area (Å²) < 4.78 is 4.44. The molecule has 88 valence electrons. The number of nitrogens with two attached hydrogens (primary N) is 1. The Morgan fingerprint density at radius 2 is 2.19 bits per heavy atom. The number of hydrogen-bond acceptors (Lipinski definition) is 5. The highest BCUT2D eigenvalue weighted by Gasteiger charge is 2.35. The minimum absolute atomic E-state index is 0.458. The van der Waals surface area contributed by atoms with Gasteiger partial charge in [0.25, 0.3) is 0 Å². The Morgan fingerprint density at radius 3 is 2.75 bits per heavy atom. The average molecular weight is 238 g/mol. The molecule has 0 bridgehead atoms. The molecule has 1 unspecified atom stereocenters. The lowest BCUT2D eigenvalue weighted by molar-refractivity contribution is 0.569. The van der Waals surface area contributed by atoms with Crippen molar-refractivity contribution in [3.63, 3.8) is 0 Å². The van der Waals surface area contributed by atoms with Crippen molar-refractivity contribution in [2.24, 2.45) is 11.7 Å². The second-order valence-corrected chi connectivity index (χ2v) is 5.69. The van der Waals surface area contributed by atoms with E-state index in [-0.39, 0.29) is 0 Å². The van der Waals surface area contributed by atoms with E-state index in [0.29, 0.717) is 12.0 Å². The molecule has 0 saturated heterocycles. The van der Waals surface area contributed by atoms with Crippen molar-refractivity contribution in [1.29, 1.82) is 0 Å². The van der Waals surface area contributed by atoms with Crippen LogP contribution in [0.5, 0.6) is 0 Å². The molecule has 5 heteroatoms. The van der Waals surface area contributed by atoms with Gasteiger partial charge in [-0.1, -0.05) is 0 Å². The standard InChI is InChI=1S/C11H18N4S/c1-15(9(6-12)7-2-3-7)11-13-10(14-16-11)8-4-5-8/h7-9H,2-6,12H2,1H3. The average Bonchev–Trinajstić information content (AvgIpc) is 3.20. The van der Waals surface area contributed by atoms with Crippen molar-refractivity contribution in [1.82, 2.24) is 9.36 Å². The third-order valence-electron chi connectivity index (χ3n) is 3.58. The van der Waals surface area contributed by atoms with Gasteiger partial charge in [0.05, 0.1) is 0 Å². The molecule has 1 atom stereocenters. The maximum Gasteiger partial charge on any atom is 0.205 e. The summed E-state index contributed by atoms with van der Waals surface area (Å²) in [5.74, 6) is 2.48. The zero-order chi connectivity index (χ0) is 11.1. The van der Waals surface area contributed by atoms with Crippen LogP contribution in [-0.4, -0.2) is 29.0 Å². The van der Waals surface area contributed by atoms with Crippen molar-refractivity contribution < 1.29 is 0 Å². The number of nitrogens with zero attached hydrogens (tertiary/aromatic N) is 3. The summed E-state index contributed by atoms with van der Waals surface area (Å²) in [5, 5.41) is 1.05. The van der Waals surface area contributed by atoms with E-state index >= 15 is 0 Å². The molecule has 2 N–H and O–H groups in total. The molecular formula is C11H18N4S.